The third-order valence-corrected chi connectivity index (χ3v) is 6.45. The number of nitrogens with zero attached hydrogens (tertiary/aromatic N) is 4. The molecule has 0 spiro atoms. The Labute approximate surface area is 231 Å². The van der Waals surface area contributed by atoms with E-state index in [-0.39, 0.29) is 25.1 Å². The lowest BCUT2D eigenvalue weighted by Gasteiger charge is -2.19. The van der Waals surface area contributed by atoms with E-state index in [9.17, 15) is 9.59 Å². The number of nitrogens with two attached hydrogens (primary N) is 1. The van der Waals surface area contributed by atoms with Crippen LogP contribution in [-0.4, -0.2) is 56.6 Å². The van der Waals surface area contributed by atoms with Crippen LogP contribution in [0.15, 0.2) is 54.7 Å². The molecule has 0 amide bonds. The molecule has 11 nitrogen and oxygen atoms in total. The van der Waals surface area contributed by atoms with Gasteiger partial charge in [-0.2, -0.15) is 15.1 Å². The molecule has 4 aromatic rings. The SMILES string of the molecule is Cc1ccc(C(=O)OC[C@H]2O[C@@H](n3ncc4c(OC(C)C)nc(N)nc43)C[C@@H]2OC(=O)c2ccc(C)cc2)cc1. The molecule has 40 heavy (non-hydrogen) atoms. The van der Waals surface area contributed by atoms with Crippen LogP contribution in [0.5, 0.6) is 5.88 Å². The summed E-state index contributed by atoms with van der Waals surface area (Å²) in [7, 11) is 0. The fourth-order valence-corrected chi connectivity index (χ4v) is 4.39. The minimum atomic E-state index is -0.751. The largest absolute Gasteiger partial charge is 0.474 e. The van der Waals surface area contributed by atoms with Gasteiger partial charge in [0.05, 0.1) is 23.4 Å². The van der Waals surface area contributed by atoms with Crippen LogP contribution in [-0.2, 0) is 14.2 Å². The molecule has 3 heterocycles. The van der Waals surface area contributed by atoms with Crippen molar-refractivity contribution < 1.29 is 28.5 Å². The lowest BCUT2D eigenvalue weighted by atomic mass is 10.1. The Morgan fingerprint density at radius 1 is 1.00 bits per heavy atom. The Balaban J connectivity index is 1.39. The minimum absolute atomic E-state index is 0.0221. The minimum Gasteiger partial charge on any atom is -0.474 e. The molecule has 208 valence electrons. The van der Waals surface area contributed by atoms with Crippen LogP contribution >= 0.6 is 0 Å². The Morgan fingerprint density at radius 2 is 1.62 bits per heavy atom. The van der Waals surface area contributed by atoms with E-state index in [4.69, 9.17) is 24.7 Å². The normalized spacial score (nSPS) is 18.7. The molecule has 0 bridgehead atoms. The zero-order chi connectivity index (χ0) is 28.4. The van der Waals surface area contributed by atoms with Crippen molar-refractivity contribution in [2.24, 2.45) is 0 Å². The molecular formula is C29H31N5O6. The molecule has 0 unspecified atom stereocenters. The molecule has 1 saturated heterocycles. The molecule has 3 atom stereocenters. The summed E-state index contributed by atoms with van der Waals surface area (Å²) < 4.78 is 25.0. The molecule has 1 aliphatic heterocycles. The number of fused-ring (bicyclic) bond motifs is 1. The zero-order valence-electron chi connectivity index (χ0n) is 22.7. The van der Waals surface area contributed by atoms with E-state index in [1.807, 2.05) is 52.0 Å². The van der Waals surface area contributed by atoms with Gasteiger partial charge in [0.2, 0.25) is 11.8 Å². The number of aryl methyl sites for hydroxylation is 2. The van der Waals surface area contributed by atoms with Crippen LogP contribution in [0.4, 0.5) is 5.95 Å². The number of ether oxygens (including phenoxy) is 4. The number of nitrogen functional groups attached to an aromatic ring is 1. The quantitative estimate of drug-likeness (QED) is 0.321. The summed E-state index contributed by atoms with van der Waals surface area (Å²) in [5.74, 6) is -0.675. The Morgan fingerprint density at radius 3 is 2.25 bits per heavy atom. The highest BCUT2D eigenvalue weighted by Crippen LogP contribution is 2.35. The van der Waals surface area contributed by atoms with E-state index >= 15 is 0 Å². The van der Waals surface area contributed by atoms with Gasteiger partial charge < -0.3 is 24.7 Å². The van der Waals surface area contributed by atoms with Crippen LogP contribution in [0.1, 0.15) is 58.3 Å². The second-order valence-corrected chi connectivity index (χ2v) is 10.0. The molecule has 0 aliphatic carbocycles. The average molecular weight is 546 g/mol. The van der Waals surface area contributed by atoms with E-state index in [0.29, 0.717) is 28.0 Å². The molecule has 1 aliphatic rings. The Hall–Kier alpha value is -4.51. The first-order valence-corrected chi connectivity index (χ1v) is 13.0. The van der Waals surface area contributed by atoms with Gasteiger partial charge in [0.15, 0.2) is 11.9 Å². The summed E-state index contributed by atoms with van der Waals surface area (Å²) in [6.07, 6.45) is -0.480. The first-order valence-electron chi connectivity index (χ1n) is 13.0. The molecular weight excluding hydrogens is 514 g/mol. The number of hydrogen-bond donors (Lipinski definition) is 1. The first-order chi connectivity index (χ1) is 19.2. The van der Waals surface area contributed by atoms with Crippen molar-refractivity contribution in [2.75, 3.05) is 12.3 Å². The number of aromatic nitrogens is 4. The highest BCUT2D eigenvalue weighted by atomic mass is 16.6. The van der Waals surface area contributed by atoms with Crippen molar-refractivity contribution in [1.29, 1.82) is 0 Å². The number of rotatable bonds is 8. The van der Waals surface area contributed by atoms with Crippen LogP contribution in [0, 0.1) is 13.8 Å². The van der Waals surface area contributed by atoms with Gasteiger partial charge >= 0.3 is 11.9 Å². The molecule has 2 aromatic carbocycles. The standard InChI is InChI=1S/C29H31N5O6/c1-16(2)38-26-21-14-31-34(25(21)32-29(30)33-26)24-13-22(40-28(36)20-11-7-18(4)8-12-20)23(39-24)15-37-27(35)19-9-5-17(3)6-10-19/h5-12,14,16,22-24H,13,15H2,1-4H3,(H2,30,32,33)/t22-,23+,24+/m0/s1. The third kappa shape index (κ3) is 5.89. The lowest BCUT2D eigenvalue weighted by molar-refractivity contribution is -0.0590. The molecule has 1 fully saturated rings. The number of carbonyl (C=O) groups excluding carboxylic acids is 2. The second-order valence-electron chi connectivity index (χ2n) is 10.0. The number of esters is 2. The molecule has 2 N–H and O–H groups in total. The molecule has 5 rings (SSSR count). The maximum Gasteiger partial charge on any atom is 0.338 e. The van der Waals surface area contributed by atoms with Crippen LogP contribution in [0.25, 0.3) is 11.0 Å². The van der Waals surface area contributed by atoms with Crippen molar-refractivity contribution >= 4 is 28.9 Å². The molecule has 2 aromatic heterocycles. The van der Waals surface area contributed by atoms with Gasteiger partial charge in [-0.1, -0.05) is 35.4 Å². The van der Waals surface area contributed by atoms with Crippen molar-refractivity contribution in [3.63, 3.8) is 0 Å². The van der Waals surface area contributed by atoms with E-state index in [2.05, 4.69) is 15.1 Å². The summed E-state index contributed by atoms with van der Waals surface area (Å²) in [5.41, 5.74) is 9.24. The number of anilines is 1. The monoisotopic (exact) mass is 545 g/mol. The topological polar surface area (TPSA) is 141 Å². The van der Waals surface area contributed by atoms with Crippen LogP contribution in [0.2, 0.25) is 0 Å². The van der Waals surface area contributed by atoms with Gasteiger partial charge in [-0.25, -0.2) is 14.3 Å². The van der Waals surface area contributed by atoms with Crippen molar-refractivity contribution in [3.8, 4) is 5.88 Å². The lowest BCUT2D eigenvalue weighted by Crippen LogP contribution is -2.32. The summed E-state index contributed by atoms with van der Waals surface area (Å²) in [5, 5.41) is 5.02. The fraction of sp³-hybridized carbons (Fsp3) is 0.345. The van der Waals surface area contributed by atoms with Gasteiger partial charge in [-0.3, -0.25) is 0 Å². The van der Waals surface area contributed by atoms with Crippen LogP contribution in [0.3, 0.4) is 0 Å². The predicted molar refractivity (Wildman–Crippen MR) is 146 cm³/mol. The first kappa shape index (κ1) is 27.1. The zero-order valence-corrected chi connectivity index (χ0v) is 22.7. The van der Waals surface area contributed by atoms with E-state index in [1.54, 1.807) is 35.1 Å². The summed E-state index contributed by atoms with van der Waals surface area (Å²) >= 11 is 0. The Kier molecular flexibility index (Phi) is 7.65. The average Bonchev–Trinajstić information content (AvgIpc) is 3.51. The van der Waals surface area contributed by atoms with Gasteiger partial charge in [-0.05, 0) is 52.0 Å². The van der Waals surface area contributed by atoms with Crippen molar-refractivity contribution in [3.05, 3.63) is 77.0 Å². The van der Waals surface area contributed by atoms with E-state index < -0.39 is 30.4 Å². The van der Waals surface area contributed by atoms with Gasteiger partial charge in [0, 0.05) is 6.42 Å². The number of hydrogen-bond acceptors (Lipinski definition) is 10. The van der Waals surface area contributed by atoms with Gasteiger partial charge in [0.25, 0.3) is 0 Å². The highest BCUT2D eigenvalue weighted by molar-refractivity contribution is 5.90. The third-order valence-electron chi connectivity index (χ3n) is 6.45. The summed E-state index contributed by atoms with van der Waals surface area (Å²) in [4.78, 5) is 34.2. The number of carbonyl (C=O) groups is 2. The second kappa shape index (κ2) is 11.3. The summed E-state index contributed by atoms with van der Waals surface area (Å²) in [6.45, 7) is 7.50. The van der Waals surface area contributed by atoms with Gasteiger partial charge in [0.1, 0.15) is 24.2 Å². The summed E-state index contributed by atoms with van der Waals surface area (Å²) in [6, 6.07) is 14.1. The van der Waals surface area contributed by atoms with Crippen LogP contribution < -0.4 is 10.5 Å². The van der Waals surface area contributed by atoms with Crippen molar-refractivity contribution in [2.45, 2.75) is 58.7 Å². The molecule has 0 saturated carbocycles. The maximum atomic E-state index is 13.0. The van der Waals surface area contributed by atoms with E-state index in [0.717, 1.165) is 11.1 Å². The predicted octanol–water partition coefficient (Wildman–Crippen LogP) is 4.18. The van der Waals surface area contributed by atoms with Crippen molar-refractivity contribution in [1.82, 2.24) is 19.7 Å². The highest BCUT2D eigenvalue weighted by Gasteiger charge is 2.41. The Bertz CT molecular complexity index is 1520. The fourth-order valence-electron chi connectivity index (χ4n) is 4.39. The number of benzene rings is 2. The smallest absolute Gasteiger partial charge is 0.338 e. The van der Waals surface area contributed by atoms with Gasteiger partial charge in [-0.15, -0.1) is 0 Å². The molecule has 11 heteroatoms. The maximum absolute atomic E-state index is 13.0. The molecule has 0 radical (unpaired) electrons. The van der Waals surface area contributed by atoms with E-state index in [1.165, 1.54) is 0 Å².